The number of hydrogen-bond donors (Lipinski definition) is 1. The molecule has 0 aliphatic rings. The van der Waals surface area contributed by atoms with E-state index in [2.05, 4.69) is 22.4 Å². The molecule has 0 aliphatic carbocycles. The van der Waals surface area contributed by atoms with Gasteiger partial charge >= 0.3 is 0 Å². The normalized spacial score (nSPS) is 13.8. The van der Waals surface area contributed by atoms with Gasteiger partial charge in [0, 0.05) is 18.7 Å². The second-order valence-corrected chi connectivity index (χ2v) is 6.18. The summed E-state index contributed by atoms with van der Waals surface area (Å²) < 4.78 is 27.1. The smallest absolute Gasteiger partial charge is 0.228 e. The van der Waals surface area contributed by atoms with E-state index in [0.717, 1.165) is 19.2 Å². The molecule has 1 aromatic heterocycles. The Morgan fingerprint density at radius 2 is 2.12 bits per heavy atom. The summed E-state index contributed by atoms with van der Waals surface area (Å²) in [5.74, 6) is 0.541. The van der Waals surface area contributed by atoms with Gasteiger partial charge in [-0.25, -0.2) is 8.42 Å². The summed E-state index contributed by atoms with van der Waals surface area (Å²) in [6, 6.07) is 0.284. The van der Waals surface area contributed by atoms with E-state index in [0.29, 0.717) is 12.3 Å². The van der Waals surface area contributed by atoms with Crippen LogP contribution in [0.25, 0.3) is 0 Å². The lowest BCUT2D eigenvalue weighted by Gasteiger charge is -2.12. The van der Waals surface area contributed by atoms with Gasteiger partial charge in [-0.3, -0.25) is 0 Å². The lowest BCUT2D eigenvalue weighted by atomic mass is 10.1. The molecule has 1 rings (SSSR count). The summed E-state index contributed by atoms with van der Waals surface area (Å²) in [5.41, 5.74) is 0. The van der Waals surface area contributed by atoms with Gasteiger partial charge in [0.25, 0.3) is 0 Å². The molecule has 98 valence electrons. The molecule has 0 bridgehead atoms. The molecule has 0 aromatic carbocycles. The molecule has 1 atom stereocenters. The molecule has 0 radical (unpaired) electrons. The first kappa shape index (κ1) is 14.1. The van der Waals surface area contributed by atoms with Crippen LogP contribution in [0.5, 0.6) is 0 Å². The summed E-state index contributed by atoms with van der Waals surface area (Å²) in [7, 11) is -3.11. The fourth-order valence-corrected chi connectivity index (χ4v) is 2.11. The Bertz CT molecular complexity index is 441. The summed E-state index contributed by atoms with van der Waals surface area (Å²) >= 11 is 0. The van der Waals surface area contributed by atoms with Gasteiger partial charge < -0.3 is 9.84 Å². The van der Waals surface area contributed by atoms with Gasteiger partial charge in [0.1, 0.15) is 5.75 Å². The molecule has 0 fully saturated rings. The largest absolute Gasteiger partial charge is 0.339 e. The van der Waals surface area contributed by atoms with Crippen LogP contribution >= 0.6 is 0 Å². The Balaban J connectivity index is 2.61. The van der Waals surface area contributed by atoms with E-state index >= 15 is 0 Å². The van der Waals surface area contributed by atoms with Gasteiger partial charge in [0.15, 0.2) is 15.7 Å². The van der Waals surface area contributed by atoms with Crippen LogP contribution < -0.4 is 5.32 Å². The SMILES string of the molecule is CCNC(CC)Cc1nc(CS(C)(=O)=O)no1. The van der Waals surface area contributed by atoms with Crippen LogP contribution in [0.3, 0.4) is 0 Å². The van der Waals surface area contributed by atoms with Crippen molar-refractivity contribution in [3.8, 4) is 0 Å². The molecule has 0 aliphatic heterocycles. The van der Waals surface area contributed by atoms with Crippen molar-refractivity contribution in [2.75, 3.05) is 12.8 Å². The molecule has 0 saturated carbocycles. The topological polar surface area (TPSA) is 85.1 Å². The maximum absolute atomic E-state index is 11.1. The Morgan fingerprint density at radius 1 is 1.41 bits per heavy atom. The summed E-state index contributed by atoms with van der Waals surface area (Å²) in [6.07, 6.45) is 2.73. The lowest BCUT2D eigenvalue weighted by molar-refractivity contribution is 0.352. The molecule has 1 unspecified atom stereocenters. The van der Waals surface area contributed by atoms with Crippen molar-refractivity contribution in [1.29, 1.82) is 0 Å². The Hall–Kier alpha value is -0.950. The monoisotopic (exact) mass is 261 g/mol. The van der Waals surface area contributed by atoms with Gasteiger partial charge in [-0.1, -0.05) is 19.0 Å². The van der Waals surface area contributed by atoms with Crippen molar-refractivity contribution >= 4 is 9.84 Å². The van der Waals surface area contributed by atoms with E-state index < -0.39 is 9.84 Å². The molecule has 1 heterocycles. The van der Waals surface area contributed by atoms with Crippen molar-refractivity contribution in [1.82, 2.24) is 15.5 Å². The minimum absolute atomic E-state index is 0.172. The molecule has 7 heteroatoms. The van der Waals surface area contributed by atoms with Crippen LogP contribution in [0.1, 0.15) is 32.0 Å². The van der Waals surface area contributed by atoms with Crippen LogP contribution in [0.4, 0.5) is 0 Å². The van der Waals surface area contributed by atoms with E-state index in [9.17, 15) is 8.42 Å². The number of sulfone groups is 1. The van der Waals surface area contributed by atoms with Crippen molar-refractivity contribution in [3.63, 3.8) is 0 Å². The molecule has 6 nitrogen and oxygen atoms in total. The zero-order valence-electron chi connectivity index (χ0n) is 10.4. The number of likely N-dealkylation sites (N-methyl/N-ethyl adjacent to an activating group) is 1. The standard InChI is InChI=1S/C10H19N3O3S/c1-4-8(11-5-2)6-10-12-9(13-16-10)7-17(3,14)15/h8,11H,4-7H2,1-3H3. The maximum Gasteiger partial charge on any atom is 0.228 e. The average Bonchev–Trinajstić information content (AvgIpc) is 2.62. The summed E-state index contributed by atoms with van der Waals surface area (Å²) in [6.45, 7) is 4.98. The van der Waals surface area contributed by atoms with Crippen molar-refractivity contribution in [3.05, 3.63) is 11.7 Å². The van der Waals surface area contributed by atoms with E-state index in [-0.39, 0.29) is 17.6 Å². The molecule has 17 heavy (non-hydrogen) atoms. The minimum Gasteiger partial charge on any atom is -0.339 e. The predicted molar refractivity (Wildman–Crippen MR) is 64.3 cm³/mol. The highest BCUT2D eigenvalue weighted by Crippen LogP contribution is 2.06. The van der Waals surface area contributed by atoms with Crippen molar-refractivity contribution in [2.24, 2.45) is 0 Å². The first-order chi connectivity index (χ1) is 7.94. The zero-order chi connectivity index (χ0) is 12.9. The second-order valence-electron chi connectivity index (χ2n) is 4.04. The number of nitrogens with one attached hydrogen (secondary N) is 1. The highest BCUT2D eigenvalue weighted by Gasteiger charge is 2.15. The third-order valence-corrected chi connectivity index (χ3v) is 3.09. The van der Waals surface area contributed by atoms with Gasteiger partial charge in [-0.15, -0.1) is 0 Å². The zero-order valence-corrected chi connectivity index (χ0v) is 11.2. The predicted octanol–water partition coefficient (Wildman–Crippen LogP) is 0.545. The lowest BCUT2D eigenvalue weighted by Crippen LogP contribution is -2.30. The highest BCUT2D eigenvalue weighted by molar-refractivity contribution is 7.89. The summed E-state index contributed by atoms with van der Waals surface area (Å²) in [5, 5.41) is 6.95. The van der Waals surface area contributed by atoms with Crippen LogP contribution in [-0.4, -0.2) is 37.4 Å². The van der Waals surface area contributed by atoms with E-state index in [1.165, 1.54) is 0 Å². The number of hydrogen-bond acceptors (Lipinski definition) is 6. The van der Waals surface area contributed by atoms with Crippen LogP contribution in [0.15, 0.2) is 4.52 Å². The van der Waals surface area contributed by atoms with Crippen molar-refractivity contribution in [2.45, 2.75) is 38.5 Å². The Kier molecular flexibility index (Phi) is 5.07. The second kappa shape index (κ2) is 6.11. The number of aromatic nitrogens is 2. The van der Waals surface area contributed by atoms with Gasteiger partial charge in [-0.05, 0) is 13.0 Å². The van der Waals surface area contributed by atoms with E-state index in [1.807, 2.05) is 6.92 Å². The fraction of sp³-hybridized carbons (Fsp3) is 0.800. The van der Waals surface area contributed by atoms with Crippen LogP contribution in [0, 0.1) is 0 Å². The molecule has 0 saturated heterocycles. The molecular formula is C10H19N3O3S. The van der Waals surface area contributed by atoms with E-state index in [4.69, 9.17) is 4.52 Å². The van der Waals surface area contributed by atoms with Gasteiger partial charge in [0.05, 0.1) is 0 Å². The van der Waals surface area contributed by atoms with Crippen LogP contribution in [-0.2, 0) is 22.0 Å². The first-order valence-electron chi connectivity index (χ1n) is 5.67. The quantitative estimate of drug-likeness (QED) is 0.771. The van der Waals surface area contributed by atoms with E-state index in [1.54, 1.807) is 0 Å². The Morgan fingerprint density at radius 3 is 2.65 bits per heavy atom. The molecule has 1 N–H and O–H groups in total. The highest BCUT2D eigenvalue weighted by atomic mass is 32.2. The molecule has 0 amide bonds. The van der Waals surface area contributed by atoms with Crippen molar-refractivity contribution < 1.29 is 12.9 Å². The molecule has 1 aromatic rings. The number of rotatable bonds is 7. The fourth-order valence-electron chi connectivity index (χ4n) is 1.53. The third kappa shape index (κ3) is 5.27. The maximum atomic E-state index is 11.1. The summed E-state index contributed by atoms with van der Waals surface area (Å²) in [4.78, 5) is 4.07. The molecular weight excluding hydrogens is 242 g/mol. The number of nitrogens with zero attached hydrogens (tertiary/aromatic N) is 2. The minimum atomic E-state index is -3.11. The average molecular weight is 261 g/mol. The first-order valence-corrected chi connectivity index (χ1v) is 7.73. The van der Waals surface area contributed by atoms with Crippen LogP contribution in [0.2, 0.25) is 0 Å². The third-order valence-electron chi connectivity index (χ3n) is 2.31. The van der Waals surface area contributed by atoms with Gasteiger partial charge in [0.2, 0.25) is 5.89 Å². The Labute approximate surface area is 102 Å². The van der Waals surface area contributed by atoms with Gasteiger partial charge in [-0.2, -0.15) is 4.98 Å². The molecule has 0 spiro atoms.